The van der Waals surface area contributed by atoms with E-state index in [9.17, 15) is 40.7 Å². The molecular formula is C29H19F7N4O8. The zero-order chi connectivity index (χ0) is 35.1. The first-order chi connectivity index (χ1) is 22.6. The van der Waals surface area contributed by atoms with Gasteiger partial charge >= 0.3 is 24.4 Å². The van der Waals surface area contributed by atoms with Crippen molar-refractivity contribution in [1.29, 1.82) is 0 Å². The molecule has 1 fully saturated rings. The molecule has 0 saturated carbocycles. The number of nitrogens with zero attached hydrogens (tertiary/aromatic N) is 4. The first-order valence-electron chi connectivity index (χ1n) is 13.1. The number of hydrogen-bond donors (Lipinski definition) is 0. The first kappa shape index (κ1) is 33.5. The molecule has 0 N–H and O–H groups in total. The van der Waals surface area contributed by atoms with Gasteiger partial charge in [0.25, 0.3) is 12.1 Å². The molecule has 0 bridgehead atoms. The number of ether oxygens (including phenoxy) is 5. The zero-order valence-electron chi connectivity index (χ0n) is 24.5. The van der Waals surface area contributed by atoms with Crippen LogP contribution < -0.4 is 28.7 Å². The van der Waals surface area contributed by atoms with E-state index in [-0.39, 0.29) is 27.4 Å². The molecule has 19 heteroatoms. The van der Waals surface area contributed by atoms with Gasteiger partial charge in [0.05, 0.1) is 50.0 Å². The smallest absolute Gasteiger partial charge is 0.491 e. The number of fused-ring (bicyclic) bond motifs is 1. The van der Waals surface area contributed by atoms with Crippen LogP contribution in [0.3, 0.4) is 0 Å². The van der Waals surface area contributed by atoms with Gasteiger partial charge in [0.1, 0.15) is 5.75 Å². The summed E-state index contributed by atoms with van der Waals surface area (Å²) in [6, 6.07) is 4.91. The molecule has 1 atom stereocenters. The molecule has 0 spiro atoms. The van der Waals surface area contributed by atoms with Gasteiger partial charge in [0.15, 0.2) is 23.0 Å². The fraction of sp³-hybridized carbons (Fsp3) is 0.207. The van der Waals surface area contributed by atoms with Crippen molar-refractivity contribution in [3.63, 3.8) is 0 Å². The van der Waals surface area contributed by atoms with Gasteiger partial charge in [-0.15, -0.1) is 0 Å². The predicted octanol–water partition coefficient (Wildman–Crippen LogP) is 6.01. The van der Waals surface area contributed by atoms with Gasteiger partial charge in [-0.25, -0.2) is 19.4 Å². The molecule has 2 aromatic heterocycles. The summed E-state index contributed by atoms with van der Waals surface area (Å²) >= 11 is 0. The van der Waals surface area contributed by atoms with E-state index in [4.69, 9.17) is 18.9 Å². The number of hydrogen-bond acceptors (Lipinski definition) is 10. The summed E-state index contributed by atoms with van der Waals surface area (Å²) in [6.07, 6.45) is -11.2. The molecule has 2 aromatic carbocycles. The minimum Gasteiger partial charge on any atom is -0.493 e. The normalized spacial score (nSPS) is 15.2. The Hall–Kier alpha value is -5.88. The number of urea groups is 1. The van der Waals surface area contributed by atoms with Crippen LogP contribution >= 0.6 is 0 Å². The minimum absolute atomic E-state index is 0.0285. The quantitative estimate of drug-likeness (QED) is 0.124. The summed E-state index contributed by atoms with van der Waals surface area (Å²) in [6.45, 7) is 0. The maximum atomic E-state index is 15.9. The highest BCUT2D eigenvalue weighted by Gasteiger charge is 2.54. The van der Waals surface area contributed by atoms with E-state index in [0.29, 0.717) is 29.0 Å². The summed E-state index contributed by atoms with van der Waals surface area (Å²) in [7, 11) is 3.71. The third kappa shape index (κ3) is 6.00. The molecule has 1 aliphatic rings. The molecule has 252 valence electrons. The molecule has 4 aromatic rings. The number of pyridine rings is 2. The van der Waals surface area contributed by atoms with E-state index < -0.39 is 70.7 Å². The Labute approximate surface area is 264 Å². The van der Waals surface area contributed by atoms with Crippen LogP contribution in [0.2, 0.25) is 0 Å². The third-order valence-electron chi connectivity index (χ3n) is 6.76. The summed E-state index contributed by atoms with van der Waals surface area (Å²) in [5.74, 6) is -6.68. The van der Waals surface area contributed by atoms with E-state index >= 15 is 4.39 Å². The van der Waals surface area contributed by atoms with Crippen LogP contribution in [-0.4, -0.2) is 61.6 Å². The molecule has 3 heterocycles. The lowest BCUT2D eigenvalue weighted by Crippen LogP contribution is -2.42. The predicted molar refractivity (Wildman–Crippen MR) is 148 cm³/mol. The molecule has 0 radical (unpaired) electrons. The number of alkyl halides is 6. The van der Waals surface area contributed by atoms with Gasteiger partial charge in [0, 0.05) is 23.8 Å². The van der Waals surface area contributed by atoms with Crippen molar-refractivity contribution in [2.75, 3.05) is 31.1 Å². The number of imide groups is 1. The van der Waals surface area contributed by atoms with Crippen LogP contribution in [0.25, 0.3) is 10.9 Å². The lowest BCUT2D eigenvalue weighted by Gasteiger charge is -2.22. The number of anilines is 2. The second-order valence-electron chi connectivity index (χ2n) is 9.58. The van der Waals surface area contributed by atoms with Crippen LogP contribution in [0.4, 0.5) is 46.9 Å². The maximum absolute atomic E-state index is 15.9. The highest BCUT2D eigenvalue weighted by Crippen LogP contribution is 2.44. The van der Waals surface area contributed by atoms with Crippen LogP contribution in [0.5, 0.6) is 28.7 Å². The van der Waals surface area contributed by atoms with Gasteiger partial charge in [-0.05, 0) is 30.3 Å². The standard InChI is InChI=1S/C29H19F7N4O8/c1-44-20-9-15-16(10-21(20)45-2)38-7-6-18(15)47-19-5-4-17(23(46-3)22(19)30)40-24(41)25(48-26(42)29(34,35)36)39(27(40)43)14-8-13(11-37-12-14)28(31,32)33/h4-12,25H,1-3H3. The van der Waals surface area contributed by atoms with E-state index in [1.807, 2.05) is 0 Å². The Morgan fingerprint density at radius 3 is 2.17 bits per heavy atom. The number of esters is 1. The topological polar surface area (TPSA) is 130 Å². The molecular weight excluding hydrogens is 665 g/mol. The van der Waals surface area contributed by atoms with Gasteiger partial charge in [-0.3, -0.25) is 14.8 Å². The summed E-state index contributed by atoms with van der Waals surface area (Å²) in [4.78, 5) is 46.3. The van der Waals surface area contributed by atoms with Crippen molar-refractivity contribution in [1.82, 2.24) is 9.97 Å². The van der Waals surface area contributed by atoms with Crippen molar-refractivity contribution in [3.05, 3.63) is 66.4 Å². The Morgan fingerprint density at radius 1 is 0.854 bits per heavy atom. The van der Waals surface area contributed by atoms with Gasteiger partial charge in [0.2, 0.25) is 5.82 Å². The van der Waals surface area contributed by atoms with Crippen molar-refractivity contribution in [2.45, 2.75) is 18.6 Å². The minimum atomic E-state index is -5.68. The number of rotatable bonds is 8. The number of halogens is 7. The van der Waals surface area contributed by atoms with Crippen LogP contribution in [-0.2, 0) is 20.5 Å². The monoisotopic (exact) mass is 684 g/mol. The number of aromatic nitrogens is 2. The fourth-order valence-corrected chi connectivity index (χ4v) is 4.61. The van der Waals surface area contributed by atoms with E-state index in [2.05, 4.69) is 14.7 Å². The summed E-state index contributed by atoms with van der Waals surface area (Å²) in [5, 5.41) is 0.335. The molecule has 48 heavy (non-hydrogen) atoms. The van der Waals surface area contributed by atoms with E-state index in [0.717, 1.165) is 19.2 Å². The largest absolute Gasteiger partial charge is 0.493 e. The van der Waals surface area contributed by atoms with Gasteiger partial charge in [-0.1, -0.05) is 0 Å². The number of benzene rings is 2. The average molecular weight is 684 g/mol. The van der Waals surface area contributed by atoms with Gasteiger partial charge in [-0.2, -0.15) is 30.7 Å². The number of methoxy groups -OCH3 is 3. The Morgan fingerprint density at radius 2 is 1.54 bits per heavy atom. The lowest BCUT2D eigenvalue weighted by atomic mass is 10.1. The van der Waals surface area contributed by atoms with Crippen molar-refractivity contribution in [3.8, 4) is 28.7 Å². The average Bonchev–Trinajstić information content (AvgIpc) is 3.28. The number of carbonyl (C=O) groups is 3. The molecule has 3 amide bonds. The molecule has 5 rings (SSSR count). The van der Waals surface area contributed by atoms with Crippen molar-refractivity contribution >= 4 is 40.2 Å². The highest BCUT2D eigenvalue weighted by molar-refractivity contribution is 6.28. The van der Waals surface area contributed by atoms with Crippen LogP contribution in [0.1, 0.15) is 5.56 Å². The van der Waals surface area contributed by atoms with E-state index in [1.165, 1.54) is 38.6 Å². The Balaban J connectivity index is 1.58. The van der Waals surface area contributed by atoms with Gasteiger partial charge < -0.3 is 23.7 Å². The highest BCUT2D eigenvalue weighted by atomic mass is 19.4. The molecule has 12 nitrogen and oxygen atoms in total. The molecule has 1 saturated heterocycles. The third-order valence-corrected chi connectivity index (χ3v) is 6.76. The number of amides is 3. The summed E-state index contributed by atoms with van der Waals surface area (Å²) < 4.78 is 121. The van der Waals surface area contributed by atoms with Crippen LogP contribution in [0.15, 0.2) is 55.0 Å². The summed E-state index contributed by atoms with van der Waals surface area (Å²) in [5.41, 5.74) is -2.70. The van der Waals surface area contributed by atoms with Crippen molar-refractivity contribution in [2.24, 2.45) is 0 Å². The SMILES string of the molecule is COc1cc2nccc(Oc3ccc(N4C(=O)C(OC(=O)C(F)(F)F)N(c5cncc(C(F)(F)F)c5)C4=O)c(OC)c3F)c2cc1OC. The lowest BCUT2D eigenvalue weighted by molar-refractivity contribution is -0.204. The molecule has 1 aliphatic heterocycles. The van der Waals surface area contributed by atoms with Crippen molar-refractivity contribution < 1.29 is 68.8 Å². The fourth-order valence-electron chi connectivity index (χ4n) is 4.61. The first-order valence-corrected chi connectivity index (χ1v) is 13.1. The Kier molecular flexibility index (Phi) is 8.64. The zero-order valence-corrected chi connectivity index (χ0v) is 24.5. The number of carbonyl (C=O) groups excluding carboxylic acids is 3. The second-order valence-corrected chi connectivity index (χ2v) is 9.58. The Bertz CT molecular complexity index is 1940. The van der Waals surface area contributed by atoms with E-state index in [1.54, 1.807) is 0 Å². The second kappa shape index (κ2) is 12.4. The maximum Gasteiger partial charge on any atom is 0.491 e. The molecule has 0 aliphatic carbocycles. The van der Waals surface area contributed by atoms with Crippen LogP contribution in [0, 0.1) is 5.82 Å². The molecule has 1 unspecified atom stereocenters.